The zero-order valence-corrected chi connectivity index (χ0v) is 8.00. The molecular weight excluding hydrogens is 192 g/mol. The van der Waals surface area contributed by atoms with Crippen molar-refractivity contribution in [2.75, 3.05) is 0 Å². The molecule has 0 bridgehead atoms. The highest BCUT2D eigenvalue weighted by molar-refractivity contribution is 5.85. The number of halogens is 1. The maximum atomic E-state index is 10.3. The zero-order valence-electron chi connectivity index (χ0n) is 7.19. The maximum Gasteiger partial charge on any atom is 0.269 e. The van der Waals surface area contributed by atoms with E-state index >= 15 is 0 Å². The van der Waals surface area contributed by atoms with Crippen LogP contribution in [0.5, 0.6) is 0 Å². The first-order chi connectivity index (χ1) is 5.65. The summed E-state index contributed by atoms with van der Waals surface area (Å²) in [6, 6.07) is 4.70. The van der Waals surface area contributed by atoms with Crippen molar-refractivity contribution in [1.29, 1.82) is 0 Å². The highest BCUT2D eigenvalue weighted by Gasteiger charge is 2.06. The minimum absolute atomic E-state index is 0. The van der Waals surface area contributed by atoms with Gasteiger partial charge in [-0.25, -0.2) is 0 Å². The number of non-ortho nitro benzene ring substituents is 1. The SMILES string of the molecule is Cc1ccc([N+](=O)[O-])cc1CN.Cl. The molecule has 0 amide bonds. The van der Waals surface area contributed by atoms with E-state index in [-0.39, 0.29) is 18.1 Å². The van der Waals surface area contributed by atoms with Gasteiger partial charge in [0.05, 0.1) is 4.92 Å². The Balaban J connectivity index is 0.00000144. The molecule has 2 N–H and O–H groups in total. The number of nitro benzene ring substituents is 1. The summed E-state index contributed by atoms with van der Waals surface area (Å²) in [6.45, 7) is 2.22. The molecule has 4 nitrogen and oxygen atoms in total. The Morgan fingerprint density at radius 3 is 2.62 bits per heavy atom. The second-order valence-electron chi connectivity index (χ2n) is 2.57. The van der Waals surface area contributed by atoms with E-state index in [1.807, 2.05) is 6.92 Å². The van der Waals surface area contributed by atoms with Crippen LogP contribution in [0, 0.1) is 17.0 Å². The molecule has 0 unspecified atom stereocenters. The van der Waals surface area contributed by atoms with Crippen LogP contribution < -0.4 is 5.73 Å². The molecule has 5 heteroatoms. The van der Waals surface area contributed by atoms with Gasteiger partial charge in [-0.3, -0.25) is 10.1 Å². The minimum Gasteiger partial charge on any atom is -0.326 e. The molecule has 1 aromatic carbocycles. The normalized spacial score (nSPS) is 9.08. The lowest BCUT2D eigenvalue weighted by molar-refractivity contribution is -0.384. The molecule has 72 valence electrons. The van der Waals surface area contributed by atoms with Crippen molar-refractivity contribution in [3.63, 3.8) is 0 Å². The summed E-state index contributed by atoms with van der Waals surface area (Å²) in [7, 11) is 0. The second kappa shape index (κ2) is 4.79. The van der Waals surface area contributed by atoms with Crippen LogP contribution in [0.15, 0.2) is 18.2 Å². The van der Waals surface area contributed by atoms with Crippen molar-refractivity contribution in [2.24, 2.45) is 5.73 Å². The van der Waals surface area contributed by atoms with Crippen LogP contribution in [0.3, 0.4) is 0 Å². The average Bonchev–Trinajstić information content (AvgIpc) is 2.05. The standard InChI is InChI=1S/C8H10N2O2.ClH/c1-6-2-3-8(10(11)12)4-7(6)5-9;/h2-4H,5,9H2,1H3;1H. The smallest absolute Gasteiger partial charge is 0.269 e. The van der Waals surface area contributed by atoms with Gasteiger partial charge in [0, 0.05) is 18.7 Å². The fourth-order valence-corrected chi connectivity index (χ4v) is 0.991. The largest absolute Gasteiger partial charge is 0.326 e. The third-order valence-electron chi connectivity index (χ3n) is 1.76. The molecule has 0 aliphatic heterocycles. The van der Waals surface area contributed by atoms with E-state index in [4.69, 9.17) is 5.73 Å². The van der Waals surface area contributed by atoms with E-state index in [1.165, 1.54) is 12.1 Å². The van der Waals surface area contributed by atoms with Gasteiger partial charge in [0.15, 0.2) is 0 Å². The Labute approximate surface area is 82.3 Å². The quantitative estimate of drug-likeness (QED) is 0.587. The molecule has 0 saturated carbocycles. The van der Waals surface area contributed by atoms with E-state index in [0.717, 1.165) is 11.1 Å². The highest BCUT2D eigenvalue weighted by Crippen LogP contribution is 2.16. The number of aryl methyl sites for hydroxylation is 1. The Morgan fingerprint density at radius 2 is 2.15 bits per heavy atom. The number of rotatable bonds is 2. The van der Waals surface area contributed by atoms with Gasteiger partial charge in [0.25, 0.3) is 5.69 Å². The topological polar surface area (TPSA) is 69.2 Å². The second-order valence-corrected chi connectivity index (χ2v) is 2.57. The molecule has 0 heterocycles. The summed E-state index contributed by atoms with van der Waals surface area (Å²) < 4.78 is 0. The maximum absolute atomic E-state index is 10.3. The zero-order chi connectivity index (χ0) is 9.14. The number of nitrogens with two attached hydrogens (primary N) is 1. The Hall–Kier alpha value is -1.13. The summed E-state index contributed by atoms with van der Waals surface area (Å²) in [5, 5.41) is 10.3. The van der Waals surface area contributed by atoms with Crippen LogP contribution in [0.4, 0.5) is 5.69 Å². The fourth-order valence-electron chi connectivity index (χ4n) is 0.991. The Kier molecular flexibility index (Phi) is 4.37. The lowest BCUT2D eigenvalue weighted by Crippen LogP contribution is -2.00. The minimum atomic E-state index is -0.418. The molecule has 0 aromatic heterocycles. The molecule has 0 atom stereocenters. The monoisotopic (exact) mass is 202 g/mol. The lowest BCUT2D eigenvalue weighted by Gasteiger charge is -2.00. The van der Waals surface area contributed by atoms with Gasteiger partial charge in [0.1, 0.15) is 0 Å². The van der Waals surface area contributed by atoms with Crippen LogP contribution in [-0.4, -0.2) is 4.92 Å². The van der Waals surface area contributed by atoms with Crippen molar-refractivity contribution >= 4 is 18.1 Å². The van der Waals surface area contributed by atoms with Crippen molar-refractivity contribution in [3.05, 3.63) is 39.4 Å². The summed E-state index contributed by atoms with van der Waals surface area (Å²) >= 11 is 0. The van der Waals surface area contributed by atoms with Crippen LogP contribution in [0.1, 0.15) is 11.1 Å². The number of hydrogen-bond donors (Lipinski definition) is 1. The van der Waals surface area contributed by atoms with Crippen LogP contribution in [0.2, 0.25) is 0 Å². The van der Waals surface area contributed by atoms with Crippen molar-refractivity contribution in [1.82, 2.24) is 0 Å². The first-order valence-corrected chi connectivity index (χ1v) is 3.59. The fraction of sp³-hybridized carbons (Fsp3) is 0.250. The van der Waals surface area contributed by atoms with Crippen molar-refractivity contribution < 1.29 is 4.92 Å². The molecule has 1 rings (SSSR count). The average molecular weight is 203 g/mol. The molecule has 0 aliphatic carbocycles. The molecule has 13 heavy (non-hydrogen) atoms. The van der Waals surface area contributed by atoms with E-state index in [9.17, 15) is 10.1 Å². The third-order valence-corrected chi connectivity index (χ3v) is 1.76. The Bertz CT molecular complexity index is 315. The molecule has 0 spiro atoms. The first kappa shape index (κ1) is 11.9. The van der Waals surface area contributed by atoms with Gasteiger partial charge >= 0.3 is 0 Å². The summed E-state index contributed by atoms with van der Waals surface area (Å²) in [5.74, 6) is 0. The van der Waals surface area contributed by atoms with Gasteiger partial charge in [0.2, 0.25) is 0 Å². The summed E-state index contributed by atoms with van der Waals surface area (Å²) in [4.78, 5) is 9.93. The molecule has 0 saturated heterocycles. The van der Waals surface area contributed by atoms with Gasteiger partial charge < -0.3 is 5.73 Å². The predicted octanol–water partition coefficient (Wildman–Crippen LogP) is 1.78. The van der Waals surface area contributed by atoms with E-state index in [1.54, 1.807) is 6.07 Å². The first-order valence-electron chi connectivity index (χ1n) is 3.59. The third kappa shape index (κ3) is 2.68. The molecular formula is C8H11ClN2O2. The van der Waals surface area contributed by atoms with Gasteiger partial charge in [-0.15, -0.1) is 12.4 Å². The molecule has 0 aliphatic rings. The van der Waals surface area contributed by atoms with Gasteiger partial charge in [-0.2, -0.15) is 0 Å². The van der Waals surface area contributed by atoms with Crippen LogP contribution in [-0.2, 0) is 6.54 Å². The molecule has 1 aromatic rings. The van der Waals surface area contributed by atoms with E-state index in [2.05, 4.69) is 0 Å². The number of benzene rings is 1. The molecule has 0 fully saturated rings. The highest BCUT2D eigenvalue weighted by atomic mass is 35.5. The lowest BCUT2D eigenvalue weighted by atomic mass is 10.1. The van der Waals surface area contributed by atoms with E-state index < -0.39 is 4.92 Å². The number of nitro groups is 1. The van der Waals surface area contributed by atoms with Crippen LogP contribution in [0.25, 0.3) is 0 Å². The summed E-state index contributed by atoms with van der Waals surface area (Å²) in [5.41, 5.74) is 7.31. The number of nitrogens with zero attached hydrogens (tertiary/aromatic N) is 1. The van der Waals surface area contributed by atoms with E-state index in [0.29, 0.717) is 6.54 Å². The van der Waals surface area contributed by atoms with Crippen molar-refractivity contribution in [2.45, 2.75) is 13.5 Å². The number of hydrogen-bond acceptors (Lipinski definition) is 3. The Morgan fingerprint density at radius 1 is 1.54 bits per heavy atom. The van der Waals surface area contributed by atoms with Crippen LogP contribution >= 0.6 is 12.4 Å². The van der Waals surface area contributed by atoms with Gasteiger partial charge in [-0.05, 0) is 18.1 Å². The van der Waals surface area contributed by atoms with Gasteiger partial charge in [-0.1, -0.05) is 6.07 Å². The predicted molar refractivity (Wildman–Crippen MR) is 53.0 cm³/mol. The summed E-state index contributed by atoms with van der Waals surface area (Å²) in [6.07, 6.45) is 0. The van der Waals surface area contributed by atoms with Crippen molar-refractivity contribution in [3.8, 4) is 0 Å². The molecule has 0 radical (unpaired) electrons.